The second kappa shape index (κ2) is 17.4. The molecule has 2 unspecified atom stereocenters. The number of nitrogens with zero attached hydrogens (tertiary/aromatic N) is 3. The van der Waals surface area contributed by atoms with Crippen molar-refractivity contribution in [3.8, 4) is 0 Å². The molecule has 0 bridgehead atoms. The highest BCUT2D eigenvalue weighted by Gasteiger charge is 2.38. The average molecular weight is 675 g/mol. The van der Waals surface area contributed by atoms with Gasteiger partial charge < -0.3 is 20.1 Å². The number of carbonyl (C=O) groups excluding carboxylic acids is 1. The van der Waals surface area contributed by atoms with Crippen molar-refractivity contribution in [3.63, 3.8) is 0 Å². The SMILES string of the molecule is CC(=Cc1ccc(Cc2cccnc2)cc1)CN(C)CCCC(C)OC(=O)C1=C(C)NC(C)=C(C(=O)O)C1c1cccc([N+](=O)[O-])c1.Cl. The number of nitrogens with one attached hydrogen (secondary N) is 1. The molecule has 4 rings (SSSR count). The topological polar surface area (TPSA) is 135 Å². The van der Waals surface area contributed by atoms with Gasteiger partial charge in [0, 0.05) is 42.5 Å². The Morgan fingerprint density at radius 1 is 1.08 bits per heavy atom. The van der Waals surface area contributed by atoms with Crippen LogP contribution in [0.3, 0.4) is 0 Å². The van der Waals surface area contributed by atoms with Crippen LogP contribution in [-0.4, -0.2) is 58.1 Å². The van der Waals surface area contributed by atoms with Gasteiger partial charge in [0.1, 0.15) is 0 Å². The molecule has 2 atom stereocenters. The molecule has 48 heavy (non-hydrogen) atoms. The molecule has 2 aromatic carbocycles. The van der Waals surface area contributed by atoms with E-state index in [2.05, 4.69) is 65.6 Å². The fraction of sp³-hybridized carbons (Fsp3) is 0.324. The number of non-ortho nitro benzene ring substituents is 1. The number of hydrogen-bond donors (Lipinski definition) is 2. The van der Waals surface area contributed by atoms with Gasteiger partial charge in [-0.15, -0.1) is 12.4 Å². The lowest BCUT2D eigenvalue weighted by Crippen LogP contribution is -2.33. The van der Waals surface area contributed by atoms with Crippen molar-refractivity contribution in [2.24, 2.45) is 0 Å². The summed E-state index contributed by atoms with van der Waals surface area (Å²) in [4.78, 5) is 43.1. The number of allylic oxidation sites excluding steroid dienone is 2. The summed E-state index contributed by atoms with van der Waals surface area (Å²) in [5.74, 6) is -2.89. The number of aromatic nitrogens is 1. The third kappa shape index (κ3) is 10.1. The molecule has 1 aromatic heterocycles. The fourth-order valence-corrected chi connectivity index (χ4v) is 5.96. The molecular formula is C37H43ClN4O6. The summed E-state index contributed by atoms with van der Waals surface area (Å²) in [5.41, 5.74) is 5.82. The van der Waals surface area contributed by atoms with Gasteiger partial charge in [-0.3, -0.25) is 15.1 Å². The summed E-state index contributed by atoms with van der Waals surface area (Å²) in [6.07, 6.45) is 7.66. The molecule has 0 spiro atoms. The third-order valence-electron chi connectivity index (χ3n) is 8.13. The first kappa shape index (κ1) is 37.7. The Morgan fingerprint density at radius 3 is 2.44 bits per heavy atom. The van der Waals surface area contributed by atoms with Gasteiger partial charge in [0.15, 0.2) is 0 Å². The van der Waals surface area contributed by atoms with Gasteiger partial charge in [-0.25, -0.2) is 9.59 Å². The lowest BCUT2D eigenvalue weighted by atomic mass is 9.80. The Morgan fingerprint density at radius 2 is 1.79 bits per heavy atom. The van der Waals surface area contributed by atoms with Crippen LogP contribution in [0.5, 0.6) is 0 Å². The van der Waals surface area contributed by atoms with Crippen molar-refractivity contribution >= 4 is 36.1 Å². The van der Waals surface area contributed by atoms with E-state index in [1.807, 2.05) is 19.2 Å². The van der Waals surface area contributed by atoms with E-state index in [1.165, 1.54) is 34.9 Å². The Kier molecular flexibility index (Phi) is 13.6. The maximum Gasteiger partial charge on any atom is 0.337 e. The van der Waals surface area contributed by atoms with Gasteiger partial charge in [-0.05, 0) is 88.9 Å². The first-order chi connectivity index (χ1) is 22.4. The predicted molar refractivity (Wildman–Crippen MR) is 189 cm³/mol. The van der Waals surface area contributed by atoms with Gasteiger partial charge in [0.05, 0.1) is 28.1 Å². The number of aliphatic carboxylic acids is 1. The average Bonchev–Trinajstić information content (AvgIpc) is 3.01. The standard InChI is InChI=1S/C37H42N4O6.ClH/c1-24(19-28-13-15-29(16-14-28)20-30-10-7-17-38-22-30)23-40(5)18-8-9-25(2)47-37(44)34-27(4)39-26(3)33(36(42)43)35(34)31-11-6-12-32(21-31)41(45)46;/h6-7,10-17,19,21-22,25,35,39H,8-9,18,20,23H2,1-5H3,(H,42,43);1H. The third-order valence-corrected chi connectivity index (χ3v) is 8.13. The number of rotatable bonds is 14. The maximum atomic E-state index is 13.5. The minimum atomic E-state index is -1.22. The predicted octanol–water partition coefficient (Wildman–Crippen LogP) is 7.07. The van der Waals surface area contributed by atoms with Crippen molar-refractivity contribution < 1.29 is 24.4 Å². The van der Waals surface area contributed by atoms with Crippen molar-refractivity contribution in [2.45, 2.75) is 59.0 Å². The zero-order valence-electron chi connectivity index (χ0n) is 27.9. The molecule has 2 heterocycles. The molecule has 254 valence electrons. The number of carbonyl (C=O) groups is 2. The highest BCUT2D eigenvalue weighted by Crippen LogP contribution is 2.40. The van der Waals surface area contributed by atoms with Crippen molar-refractivity contribution in [3.05, 3.63) is 134 Å². The van der Waals surface area contributed by atoms with Gasteiger partial charge in [0.2, 0.25) is 0 Å². The number of pyridine rings is 1. The molecule has 3 aromatic rings. The number of benzene rings is 2. The minimum Gasteiger partial charge on any atom is -0.478 e. The van der Waals surface area contributed by atoms with Crippen LogP contribution in [0.15, 0.2) is 101 Å². The van der Waals surface area contributed by atoms with E-state index >= 15 is 0 Å². The summed E-state index contributed by atoms with van der Waals surface area (Å²) in [7, 11) is 2.05. The number of halogens is 1. The first-order valence-electron chi connectivity index (χ1n) is 15.6. The van der Waals surface area contributed by atoms with Gasteiger partial charge >= 0.3 is 11.9 Å². The molecule has 10 nitrogen and oxygen atoms in total. The number of nitro groups is 1. The van der Waals surface area contributed by atoms with Crippen LogP contribution in [-0.2, 0) is 20.7 Å². The van der Waals surface area contributed by atoms with E-state index in [9.17, 15) is 24.8 Å². The van der Waals surface area contributed by atoms with E-state index in [4.69, 9.17) is 4.74 Å². The van der Waals surface area contributed by atoms with Crippen LogP contribution in [0.2, 0.25) is 0 Å². The molecule has 1 aliphatic heterocycles. The zero-order valence-corrected chi connectivity index (χ0v) is 28.8. The lowest BCUT2D eigenvalue weighted by Gasteiger charge is -2.30. The quantitative estimate of drug-likeness (QED) is 0.105. The van der Waals surface area contributed by atoms with E-state index < -0.39 is 28.9 Å². The Hall–Kier alpha value is -4.80. The molecule has 0 saturated heterocycles. The van der Waals surface area contributed by atoms with Crippen LogP contribution in [0.4, 0.5) is 5.69 Å². The molecule has 0 fully saturated rings. The van der Waals surface area contributed by atoms with Crippen molar-refractivity contribution in [1.82, 2.24) is 15.2 Å². The molecule has 2 N–H and O–H groups in total. The molecule has 11 heteroatoms. The van der Waals surface area contributed by atoms with E-state index in [0.717, 1.165) is 31.5 Å². The number of nitro benzene ring substituents is 1. The monoisotopic (exact) mass is 674 g/mol. The first-order valence-corrected chi connectivity index (χ1v) is 15.6. The molecule has 0 amide bonds. The van der Waals surface area contributed by atoms with Crippen LogP contribution < -0.4 is 5.32 Å². The number of dihydropyridines is 1. The van der Waals surface area contributed by atoms with Gasteiger partial charge in [0.25, 0.3) is 5.69 Å². The number of carboxylic acids is 1. The maximum absolute atomic E-state index is 13.5. The Bertz CT molecular complexity index is 1700. The van der Waals surface area contributed by atoms with Crippen LogP contribution in [0.1, 0.15) is 68.7 Å². The Labute approximate surface area is 287 Å². The van der Waals surface area contributed by atoms with Crippen LogP contribution >= 0.6 is 12.4 Å². The number of hydrogen-bond acceptors (Lipinski definition) is 8. The van der Waals surface area contributed by atoms with Crippen molar-refractivity contribution in [1.29, 1.82) is 0 Å². The lowest BCUT2D eigenvalue weighted by molar-refractivity contribution is -0.384. The largest absolute Gasteiger partial charge is 0.478 e. The number of likely N-dealkylation sites (N-methyl/N-ethyl adjacent to an activating group) is 1. The molecule has 0 aliphatic carbocycles. The number of ether oxygens (including phenoxy) is 1. The molecule has 0 radical (unpaired) electrons. The molecule has 1 aliphatic rings. The highest BCUT2D eigenvalue weighted by atomic mass is 35.5. The highest BCUT2D eigenvalue weighted by molar-refractivity contribution is 5.99. The van der Waals surface area contributed by atoms with E-state index in [-0.39, 0.29) is 29.2 Å². The summed E-state index contributed by atoms with van der Waals surface area (Å²) in [6.45, 7) is 8.79. The molecular weight excluding hydrogens is 632 g/mol. The molecule has 0 saturated carbocycles. The number of esters is 1. The van der Waals surface area contributed by atoms with Gasteiger partial charge in [-0.2, -0.15) is 0 Å². The van der Waals surface area contributed by atoms with Crippen LogP contribution in [0.25, 0.3) is 6.08 Å². The second-order valence-corrected chi connectivity index (χ2v) is 12.2. The normalized spacial score (nSPS) is 15.5. The fourth-order valence-electron chi connectivity index (χ4n) is 5.96. The summed E-state index contributed by atoms with van der Waals surface area (Å²) >= 11 is 0. The van der Waals surface area contributed by atoms with E-state index in [1.54, 1.807) is 26.1 Å². The van der Waals surface area contributed by atoms with Gasteiger partial charge in [-0.1, -0.05) is 54.1 Å². The summed E-state index contributed by atoms with van der Waals surface area (Å²) < 4.78 is 5.82. The number of carboxylic acid groups (broad SMARTS) is 1. The van der Waals surface area contributed by atoms with E-state index in [0.29, 0.717) is 23.4 Å². The van der Waals surface area contributed by atoms with Crippen LogP contribution in [0, 0.1) is 10.1 Å². The van der Waals surface area contributed by atoms with Crippen molar-refractivity contribution in [2.75, 3.05) is 20.1 Å². The summed E-state index contributed by atoms with van der Waals surface area (Å²) in [6, 6.07) is 18.3. The minimum absolute atomic E-state index is 0. The second-order valence-electron chi connectivity index (χ2n) is 12.2. The Balaban J connectivity index is 0.00000625. The summed E-state index contributed by atoms with van der Waals surface area (Å²) in [5, 5.41) is 24.5. The zero-order chi connectivity index (χ0) is 34.1. The smallest absolute Gasteiger partial charge is 0.337 e.